The molecule has 4 rings (SSSR count). The first-order chi connectivity index (χ1) is 12.6. The van der Waals surface area contributed by atoms with E-state index in [-0.39, 0.29) is 18.0 Å². The third-order valence-corrected chi connectivity index (χ3v) is 4.23. The summed E-state index contributed by atoms with van der Waals surface area (Å²) >= 11 is 0. The Labute approximate surface area is 148 Å². The lowest BCUT2D eigenvalue weighted by Crippen LogP contribution is -2.13. The highest BCUT2D eigenvalue weighted by molar-refractivity contribution is 6.06. The number of benzene rings is 3. The number of carbonyl (C=O) groups excluding carboxylic acids is 1. The number of fused-ring (bicyclic) bond motifs is 3. The lowest BCUT2D eigenvalue weighted by Gasteiger charge is -2.06. The van der Waals surface area contributed by atoms with Gasteiger partial charge in [0.2, 0.25) is 0 Å². The molecule has 0 unspecified atom stereocenters. The molecule has 1 N–H and O–H groups in total. The molecule has 1 aromatic heterocycles. The summed E-state index contributed by atoms with van der Waals surface area (Å²) in [5, 5.41) is 15.8. The van der Waals surface area contributed by atoms with Crippen molar-refractivity contribution in [3.63, 3.8) is 0 Å². The van der Waals surface area contributed by atoms with Crippen LogP contribution in [0.2, 0.25) is 0 Å². The molecule has 0 amide bonds. The van der Waals surface area contributed by atoms with E-state index in [1.54, 1.807) is 0 Å². The molecule has 0 aliphatic rings. The summed E-state index contributed by atoms with van der Waals surface area (Å²) in [6, 6.07) is 19.1. The van der Waals surface area contributed by atoms with Crippen molar-refractivity contribution in [1.82, 2.24) is 0 Å². The second-order valence-electron chi connectivity index (χ2n) is 5.89. The zero-order valence-electron chi connectivity index (χ0n) is 13.6. The SMILES string of the molecule is O=C(CNc1ccc2c(c1)oc1ccccc12)c1ccc([N+](=O)[O-])cc1. The van der Waals surface area contributed by atoms with Crippen LogP contribution in [0.5, 0.6) is 0 Å². The number of ketones is 1. The van der Waals surface area contributed by atoms with Gasteiger partial charge in [-0.2, -0.15) is 0 Å². The minimum Gasteiger partial charge on any atom is -0.456 e. The second kappa shape index (κ2) is 6.33. The summed E-state index contributed by atoms with van der Waals surface area (Å²) in [6.07, 6.45) is 0. The highest BCUT2D eigenvalue weighted by atomic mass is 16.6. The number of non-ortho nitro benzene ring substituents is 1. The van der Waals surface area contributed by atoms with Gasteiger partial charge in [-0.25, -0.2) is 0 Å². The van der Waals surface area contributed by atoms with E-state index in [2.05, 4.69) is 5.32 Å². The first-order valence-corrected chi connectivity index (χ1v) is 8.04. The second-order valence-corrected chi connectivity index (χ2v) is 5.89. The van der Waals surface area contributed by atoms with Gasteiger partial charge in [0.05, 0.1) is 11.5 Å². The Morgan fingerprint density at radius 3 is 2.46 bits per heavy atom. The van der Waals surface area contributed by atoms with Gasteiger partial charge in [-0.3, -0.25) is 14.9 Å². The van der Waals surface area contributed by atoms with E-state index in [1.165, 1.54) is 24.3 Å². The van der Waals surface area contributed by atoms with Gasteiger partial charge in [0.1, 0.15) is 11.2 Å². The van der Waals surface area contributed by atoms with Gasteiger partial charge in [0.25, 0.3) is 5.69 Å². The minimum absolute atomic E-state index is 0.0372. The molecule has 0 saturated heterocycles. The van der Waals surface area contributed by atoms with Crippen molar-refractivity contribution in [2.75, 3.05) is 11.9 Å². The molecule has 4 aromatic rings. The van der Waals surface area contributed by atoms with Crippen LogP contribution in [0.4, 0.5) is 11.4 Å². The first kappa shape index (κ1) is 15.8. The molecule has 6 nitrogen and oxygen atoms in total. The summed E-state index contributed by atoms with van der Waals surface area (Å²) in [5.41, 5.74) is 2.73. The van der Waals surface area contributed by atoms with E-state index < -0.39 is 4.92 Å². The number of anilines is 1. The van der Waals surface area contributed by atoms with Gasteiger partial charge in [-0.05, 0) is 30.3 Å². The number of Topliss-reactive ketones (excluding diaryl/α,β-unsaturated/α-hetero) is 1. The number of para-hydroxylation sites is 1. The predicted molar refractivity (Wildman–Crippen MR) is 99.6 cm³/mol. The Hall–Kier alpha value is -3.67. The smallest absolute Gasteiger partial charge is 0.269 e. The molecule has 0 saturated carbocycles. The number of hydrogen-bond donors (Lipinski definition) is 1. The number of nitro benzene ring substituents is 1. The summed E-state index contributed by atoms with van der Waals surface area (Å²) in [5.74, 6) is -0.149. The van der Waals surface area contributed by atoms with Crippen LogP contribution in [-0.2, 0) is 0 Å². The Kier molecular flexibility index (Phi) is 3.85. The molecule has 0 aliphatic carbocycles. The fourth-order valence-electron chi connectivity index (χ4n) is 2.89. The topological polar surface area (TPSA) is 85.4 Å². The van der Waals surface area contributed by atoms with Crippen molar-refractivity contribution < 1.29 is 14.1 Å². The third kappa shape index (κ3) is 2.88. The van der Waals surface area contributed by atoms with Crippen LogP contribution < -0.4 is 5.32 Å². The highest BCUT2D eigenvalue weighted by Crippen LogP contribution is 2.30. The van der Waals surface area contributed by atoms with Crippen LogP contribution in [0.15, 0.2) is 71.1 Å². The van der Waals surface area contributed by atoms with E-state index >= 15 is 0 Å². The summed E-state index contributed by atoms with van der Waals surface area (Å²) in [6.45, 7) is 0.0869. The van der Waals surface area contributed by atoms with Crippen molar-refractivity contribution >= 4 is 39.1 Å². The Balaban J connectivity index is 1.51. The number of nitrogens with zero attached hydrogens (tertiary/aromatic N) is 1. The first-order valence-electron chi connectivity index (χ1n) is 8.04. The Morgan fingerprint density at radius 1 is 0.962 bits per heavy atom. The van der Waals surface area contributed by atoms with Crippen molar-refractivity contribution in [3.05, 3.63) is 82.4 Å². The van der Waals surface area contributed by atoms with E-state index in [1.807, 2.05) is 42.5 Å². The average Bonchev–Trinajstić information content (AvgIpc) is 3.04. The third-order valence-electron chi connectivity index (χ3n) is 4.23. The molecule has 26 heavy (non-hydrogen) atoms. The van der Waals surface area contributed by atoms with Gasteiger partial charge in [0, 0.05) is 40.2 Å². The van der Waals surface area contributed by atoms with E-state index in [9.17, 15) is 14.9 Å². The van der Waals surface area contributed by atoms with Gasteiger partial charge in [0.15, 0.2) is 5.78 Å². The predicted octanol–water partition coefficient (Wildman–Crippen LogP) is 4.79. The standard InChI is InChI=1S/C20H14N2O4/c23-18(13-5-8-15(9-6-13)22(24)25)12-21-14-7-10-17-16-3-1-2-4-19(16)26-20(17)11-14/h1-11,21H,12H2. The zero-order valence-corrected chi connectivity index (χ0v) is 13.6. The van der Waals surface area contributed by atoms with Crippen LogP contribution in [0.25, 0.3) is 21.9 Å². The molecule has 1 heterocycles. The zero-order chi connectivity index (χ0) is 18.1. The average molecular weight is 346 g/mol. The molecule has 128 valence electrons. The minimum atomic E-state index is -0.491. The fraction of sp³-hybridized carbons (Fsp3) is 0.0500. The van der Waals surface area contributed by atoms with Crippen LogP contribution >= 0.6 is 0 Å². The molecular weight excluding hydrogens is 332 g/mol. The maximum Gasteiger partial charge on any atom is 0.269 e. The fourth-order valence-corrected chi connectivity index (χ4v) is 2.89. The number of rotatable bonds is 5. The van der Waals surface area contributed by atoms with Crippen LogP contribution in [0.3, 0.4) is 0 Å². The lowest BCUT2D eigenvalue weighted by atomic mass is 10.1. The molecule has 0 bridgehead atoms. The van der Waals surface area contributed by atoms with E-state index in [0.717, 1.165) is 27.6 Å². The summed E-state index contributed by atoms with van der Waals surface area (Å²) in [7, 11) is 0. The largest absolute Gasteiger partial charge is 0.456 e. The molecule has 3 aromatic carbocycles. The molecule has 0 aliphatic heterocycles. The van der Waals surface area contributed by atoms with E-state index in [0.29, 0.717) is 5.56 Å². The molecule has 0 spiro atoms. The number of furan rings is 1. The Morgan fingerprint density at radius 2 is 1.69 bits per heavy atom. The van der Waals surface area contributed by atoms with E-state index in [4.69, 9.17) is 4.42 Å². The molecule has 0 fully saturated rings. The normalized spacial score (nSPS) is 10.9. The molecular formula is C20H14N2O4. The summed E-state index contributed by atoms with van der Waals surface area (Å²) in [4.78, 5) is 22.4. The number of hydrogen-bond acceptors (Lipinski definition) is 5. The monoisotopic (exact) mass is 346 g/mol. The number of nitro groups is 1. The van der Waals surface area contributed by atoms with Gasteiger partial charge >= 0.3 is 0 Å². The van der Waals surface area contributed by atoms with Gasteiger partial charge < -0.3 is 9.73 Å². The van der Waals surface area contributed by atoms with Crippen molar-refractivity contribution in [1.29, 1.82) is 0 Å². The maximum atomic E-state index is 12.2. The van der Waals surface area contributed by atoms with Crippen molar-refractivity contribution in [3.8, 4) is 0 Å². The molecule has 0 atom stereocenters. The summed E-state index contributed by atoms with van der Waals surface area (Å²) < 4.78 is 5.83. The lowest BCUT2D eigenvalue weighted by molar-refractivity contribution is -0.384. The molecule has 6 heteroatoms. The quantitative estimate of drug-likeness (QED) is 0.319. The van der Waals surface area contributed by atoms with Crippen molar-refractivity contribution in [2.24, 2.45) is 0 Å². The molecule has 0 radical (unpaired) electrons. The van der Waals surface area contributed by atoms with Crippen LogP contribution in [0.1, 0.15) is 10.4 Å². The highest BCUT2D eigenvalue weighted by Gasteiger charge is 2.11. The van der Waals surface area contributed by atoms with Crippen LogP contribution in [0, 0.1) is 10.1 Å². The Bertz CT molecular complexity index is 1130. The van der Waals surface area contributed by atoms with Crippen LogP contribution in [-0.4, -0.2) is 17.3 Å². The maximum absolute atomic E-state index is 12.2. The number of carbonyl (C=O) groups is 1. The van der Waals surface area contributed by atoms with Gasteiger partial charge in [-0.1, -0.05) is 18.2 Å². The van der Waals surface area contributed by atoms with Crippen molar-refractivity contribution in [2.45, 2.75) is 0 Å². The number of nitrogens with one attached hydrogen (secondary N) is 1. The van der Waals surface area contributed by atoms with Gasteiger partial charge in [-0.15, -0.1) is 0 Å².